The number of piperazine rings is 1. The summed E-state index contributed by atoms with van der Waals surface area (Å²) in [4.78, 5) is 16.4. The maximum absolute atomic E-state index is 12.6. The first-order valence-electron chi connectivity index (χ1n) is 8.80. The van der Waals surface area contributed by atoms with Crippen molar-refractivity contribution in [3.8, 4) is 0 Å². The molecule has 1 aliphatic heterocycles. The average molecular weight is 377 g/mol. The van der Waals surface area contributed by atoms with Gasteiger partial charge in [0.2, 0.25) is 0 Å². The van der Waals surface area contributed by atoms with Crippen molar-refractivity contribution in [3.63, 3.8) is 0 Å². The lowest BCUT2D eigenvalue weighted by atomic mass is 10.1. The highest BCUT2D eigenvalue weighted by Crippen LogP contribution is 2.30. The van der Waals surface area contributed by atoms with Crippen molar-refractivity contribution in [1.82, 2.24) is 4.90 Å². The molecule has 1 saturated heterocycles. The predicted octanol–water partition coefficient (Wildman–Crippen LogP) is 4.68. The molecule has 1 N–H and O–H groups in total. The zero-order valence-corrected chi connectivity index (χ0v) is 15.3. The number of urea groups is 1. The maximum Gasteiger partial charge on any atom is 0.416 e. The normalized spacial score (nSPS) is 15.0. The van der Waals surface area contributed by atoms with Crippen LogP contribution < -0.4 is 10.2 Å². The van der Waals surface area contributed by atoms with E-state index in [1.54, 1.807) is 4.90 Å². The summed E-state index contributed by atoms with van der Waals surface area (Å²) in [5, 5.41) is 2.67. The van der Waals surface area contributed by atoms with E-state index in [0.29, 0.717) is 31.9 Å². The zero-order valence-electron chi connectivity index (χ0n) is 15.3. The van der Waals surface area contributed by atoms with Crippen molar-refractivity contribution in [3.05, 3.63) is 59.2 Å². The fraction of sp³-hybridized carbons (Fsp3) is 0.350. The number of carbonyl (C=O) groups is 1. The van der Waals surface area contributed by atoms with Crippen LogP contribution in [0, 0.1) is 13.8 Å². The topological polar surface area (TPSA) is 35.6 Å². The Balaban J connectivity index is 1.59. The van der Waals surface area contributed by atoms with Crippen LogP contribution in [0.2, 0.25) is 0 Å². The molecule has 0 spiro atoms. The molecule has 3 rings (SSSR count). The molecule has 2 aromatic carbocycles. The molecule has 0 saturated carbocycles. The van der Waals surface area contributed by atoms with Crippen molar-refractivity contribution in [2.24, 2.45) is 0 Å². The molecule has 144 valence electrons. The van der Waals surface area contributed by atoms with Gasteiger partial charge < -0.3 is 15.1 Å². The first-order chi connectivity index (χ1) is 12.8. The zero-order chi connectivity index (χ0) is 19.6. The van der Waals surface area contributed by atoms with Crippen LogP contribution in [0.5, 0.6) is 0 Å². The Bertz CT molecular complexity index is 790. The number of benzene rings is 2. The Labute approximate surface area is 156 Å². The van der Waals surface area contributed by atoms with Crippen molar-refractivity contribution in [2.75, 3.05) is 36.4 Å². The third-order valence-electron chi connectivity index (χ3n) is 4.79. The second-order valence-electron chi connectivity index (χ2n) is 6.72. The summed E-state index contributed by atoms with van der Waals surface area (Å²) in [5.41, 5.74) is 3.24. The molecule has 0 bridgehead atoms. The average Bonchev–Trinajstić information content (AvgIpc) is 2.62. The van der Waals surface area contributed by atoms with Gasteiger partial charge in [-0.2, -0.15) is 13.2 Å². The van der Waals surface area contributed by atoms with Gasteiger partial charge >= 0.3 is 12.2 Å². The van der Waals surface area contributed by atoms with Crippen LogP contribution in [0.3, 0.4) is 0 Å². The second kappa shape index (κ2) is 7.50. The Morgan fingerprint density at radius 1 is 0.926 bits per heavy atom. The molecule has 0 atom stereocenters. The molecule has 0 aliphatic carbocycles. The number of rotatable bonds is 2. The van der Waals surface area contributed by atoms with Gasteiger partial charge in [-0.05, 0) is 49.2 Å². The number of hydrogen-bond acceptors (Lipinski definition) is 2. The summed E-state index contributed by atoms with van der Waals surface area (Å²) in [6.07, 6.45) is -4.38. The summed E-state index contributed by atoms with van der Waals surface area (Å²) in [6.45, 7) is 6.69. The number of hydrogen-bond donors (Lipinski definition) is 1. The first-order valence-corrected chi connectivity index (χ1v) is 8.80. The molecule has 7 heteroatoms. The summed E-state index contributed by atoms with van der Waals surface area (Å²) in [6, 6.07) is 10.4. The van der Waals surface area contributed by atoms with Crippen molar-refractivity contribution < 1.29 is 18.0 Å². The van der Waals surface area contributed by atoms with Crippen LogP contribution in [0.25, 0.3) is 0 Å². The first kappa shape index (κ1) is 19.1. The fourth-order valence-electron chi connectivity index (χ4n) is 3.38. The monoisotopic (exact) mass is 377 g/mol. The number of carbonyl (C=O) groups excluding carboxylic acids is 1. The van der Waals surface area contributed by atoms with Gasteiger partial charge in [-0.25, -0.2) is 4.79 Å². The van der Waals surface area contributed by atoms with Gasteiger partial charge in [0.15, 0.2) is 0 Å². The quantitative estimate of drug-likeness (QED) is 0.825. The number of amides is 2. The van der Waals surface area contributed by atoms with E-state index in [9.17, 15) is 18.0 Å². The SMILES string of the molecule is Cc1cccc(C)c1N1CCN(C(=O)Nc2ccc(C(F)(F)F)cc2)CC1. The second-order valence-corrected chi connectivity index (χ2v) is 6.72. The number of alkyl halides is 3. The number of nitrogens with zero attached hydrogens (tertiary/aromatic N) is 2. The Hall–Kier alpha value is -2.70. The van der Waals surface area contributed by atoms with E-state index in [0.717, 1.165) is 12.1 Å². The highest BCUT2D eigenvalue weighted by Gasteiger charge is 2.30. The number of halogens is 3. The van der Waals surface area contributed by atoms with Crippen LogP contribution in [0.15, 0.2) is 42.5 Å². The molecule has 0 aromatic heterocycles. The molecule has 0 unspecified atom stereocenters. The standard InChI is InChI=1S/C20H22F3N3O/c1-14-4-3-5-15(2)18(14)25-10-12-26(13-11-25)19(27)24-17-8-6-16(7-9-17)20(21,22)23/h3-9H,10-13H2,1-2H3,(H,24,27). The number of aryl methyl sites for hydroxylation is 2. The highest BCUT2D eigenvalue weighted by molar-refractivity contribution is 5.89. The molecule has 1 heterocycles. The van der Waals surface area contributed by atoms with E-state index < -0.39 is 11.7 Å². The number of para-hydroxylation sites is 1. The Morgan fingerprint density at radius 3 is 2.00 bits per heavy atom. The molecule has 4 nitrogen and oxygen atoms in total. The molecule has 0 radical (unpaired) electrons. The maximum atomic E-state index is 12.6. The van der Waals surface area contributed by atoms with Gasteiger partial charge in [0.05, 0.1) is 5.56 Å². The van der Waals surface area contributed by atoms with E-state index in [4.69, 9.17) is 0 Å². The van der Waals surface area contributed by atoms with E-state index in [1.807, 2.05) is 6.07 Å². The van der Waals surface area contributed by atoms with Crippen LogP contribution in [-0.2, 0) is 6.18 Å². The smallest absolute Gasteiger partial charge is 0.368 e. The minimum absolute atomic E-state index is 0.295. The largest absolute Gasteiger partial charge is 0.416 e. The van der Waals surface area contributed by atoms with Gasteiger partial charge in [0, 0.05) is 37.6 Å². The van der Waals surface area contributed by atoms with Gasteiger partial charge in [0.25, 0.3) is 0 Å². The van der Waals surface area contributed by atoms with E-state index in [1.165, 1.54) is 28.9 Å². The summed E-state index contributed by atoms with van der Waals surface area (Å²) in [5.74, 6) is 0. The third-order valence-corrected chi connectivity index (χ3v) is 4.79. The summed E-state index contributed by atoms with van der Waals surface area (Å²) < 4.78 is 37.8. The third kappa shape index (κ3) is 4.35. The lowest BCUT2D eigenvalue weighted by molar-refractivity contribution is -0.137. The number of nitrogens with one attached hydrogen (secondary N) is 1. The molecular weight excluding hydrogens is 355 g/mol. The molecule has 1 aliphatic rings. The minimum Gasteiger partial charge on any atom is -0.368 e. The van der Waals surface area contributed by atoms with Gasteiger partial charge in [0.1, 0.15) is 0 Å². The molecule has 2 aromatic rings. The van der Waals surface area contributed by atoms with E-state index in [-0.39, 0.29) is 6.03 Å². The van der Waals surface area contributed by atoms with E-state index in [2.05, 4.69) is 36.2 Å². The summed E-state index contributed by atoms with van der Waals surface area (Å²) in [7, 11) is 0. The lowest BCUT2D eigenvalue weighted by Crippen LogP contribution is -2.50. The minimum atomic E-state index is -4.38. The predicted molar refractivity (Wildman–Crippen MR) is 100 cm³/mol. The van der Waals surface area contributed by atoms with Gasteiger partial charge in [-0.3, -0.25) is 0 Å². The van der Waals surface area contributed by atoms with Crippen LogP contribution in [0.1, 0.15) is 16.7 Å². The fourth-order valence-corrected chi connectivity index (χ4v) is 3.38. The van der Waals surface area contributed by atoms with Gasteiger partial charge in [-0.15, -0.1) is 0 Å². The van der Waals surface area contributed by atoms with E-state index >= 15 is 0 Å². The van der Waals surface area contributed by atoms with Crippen LogP contribution in [0.4, 0.5) is 29.3 Å². The molecule has 27 heavy (non-hydrogen) atoms. The molecule has 1 fully saturated rings. The molecule has 2 amide bonds. The van der Waals surface area contributed by atoms with Crippen LogP contribution in [-0.4, -0.2) is 37.1 Å². The Kier molecular flexibility index (Phi) is 5.30. The van der Waals surface area contributed by atoms with Crippen molar-refractivity contribution >= 4 is 17.4 Å². The van der Waals surface area contributed by atoms with Crippen molar-refractivity contribution in [1.29, 1.82) is 0 Å². The molecular formula is C20H22F3N3O. The van der Waals surface area contributed by atoms with Crippen molar-refractivity contribution in [2.45, 2.75) is 20.0 Å². The number of anilines is 2. The summed E-state index contributed by atoms with van der Waals surface area (Å²) >= 11 is 0. The van der Waals surface area contributed by atoms with Gasteiger partial charge in [-0.1, -0.05) is 18.2 Å². The Morgan fingerprint density at radius 2 is 1.48 bits per heavy atom. The lowest BCUT2D eigenvalue weighted by Gasteiger charge is -2.37. The van der Waals surface area contributed by atoms with Crippen LogP contribution >= 0.6 is 0 Å². The highest BCUT2D eigenvalue weighted by atomic mass is 19.4.